The summed E-state index contributed by atoms with van der Waals surface area (Å²) in [4.78, 5) is 72.7. The van der Waals surface area contributed by atoms with Crippen molar-refractivity contribution in [2.75, 3.05) is 33.7 Å². The van der Waals surface area contributed by atoms with Crippen LogP contribution in [0.5, 0.6) is 0 Å². The lowest BCUT2D eigenvalue weighted by Crippen LogP contribution is -2.56. The van der Waals surface area contributed by atoms with Gasteiger partial charge in [-0.15, -0.1) is 5.10 Å². The number of carbonyl (C=O) groups excluding carboxylic acids is 6. The highest BCUT2D eigenvalue weighted by Gasteiger charge is 2.40. The summed E-state index contributed by atoms with van der Waals surface area (Å²) in [6, 6.07) is 18.1. The summed E-state index contributed by atoms with van der Waals surface area (Å²) in [5.74, 6) is 0.317. The van der Waals surface area contributed by atoms with E-state index in [1.807, 2.05) is 55.1 Å². The number of nitrogens with zero attached hydrogens (tertiary/aromatic N) is 5. The van der Waals surface area contributed by atoms with E-state index in [9.17, 15) is 28.8 Å². The molecule has 5 fully saturated rings. The van der Waals surface area contributed by atoms with Crippen LogP contribution in [0.15, 0.2) is 60.8 Å². The van der Waals surface area contributed by atoms with Crippen LogP contribution in [0.4, 0.5) is 0 Å². The van der Waals surface area contributed by atoms with Crippen LogP contribution in [0.2, 0.25) is 0 Å². The van der Waals surface area contributed by atoms with Gasteiger partial charge in [0.1, 0.15) is 17.8 Å². The summed E-state index contributed by atoms with van der Waals surface area (Å²) in [7, 11) is 3.38. The Labute approximate surface area is 435 Å². The molecule has 0 radical (unpaired) electrons. The SMILES string of the molecule is CC.CC1Cc2ccccc2C1.CNC(C)C(N)=O.CNCC(=O)NC(C(=O)N1CCCC1C(N)=O)C1CCCCC1.O=C1CCCCCC2CCCN12.O=CNC(c1ccccc1)c1cn(C2CCC2)nn1. The van der Waals surface area contributed by atoms with Crippen LogP contribution in [-0.2, 0) is 41.6 Å². The molecule has 5 atom stereocenters. The first-order valence-corrected chi connectivity index (χ1v) is 27.4. The molecule has 17 nitrogen and oxygen atoms in total. The quantitative estimate of drug-likeness (QED) is 0.108. The molecule has 3 aliphatic carbocycles. The van der Waals surface area contributed by atoms with Gasteiger partial charge >= 0.3 is 0 Å². The number of carbonyl (C=O) groups is 6. The van der Waals surface area contributed by atoms with E-state index in [-0.39, 0.29) is 42.3 Å². The van der Waals surface area contributed by atoms with Crippen molar-refractivity contribution < 1.29 is 28.8 Å². The summed E-state index contributed by atoms with van der Waals surface area (Å²) in [6.45, 7) is 9.78. The summed E-state index contributed by atoms with van der Waals surface area (Å²) >= 11 is 0. The fraction of sp³-hybridized carbons (Fsp3) is 0.643. The van der Waals surface area contributed by atoms with Crippen molar-refractivity contribution >= 4 is 35.9 Å². The molecule has 2 saturated carbocycles. The third kappa shape index (κ3) is 19.0. The Balaban J connectivity index is 0.000000207. The van der Waals surface area contributed by atoms with Crippen molar-refractivity contribution in [2.45, 2.75) is 186 Å². The first kappa shape index (κ1) is 59.9. The largest absolute Gasteiger partial charge is 0.368 e. The number of rotatable bonds is 13. The molecule has 1 aromatic heterocycles. The molecule has 6 aliphatic rings. The maximum absolute atomic E-state index is 13.0. The second kappa shape index (κ2) is 32.5. The smallest absolute Gasteiger partial charge is 0.246 e. The molecule has 17 heteroatoms. The number of likely N-dealkylation sites (tertiary alicyclic amines) is 1. The number of likely N-dealkylation sites (N-methyl/N-ethyl adjacent to an activating group) is 2. The highest BCUT2D eigenvalue weighted by molar-refractivity contribution is 5.92. The normalized spacial score (nSPS) is 20.6. The third-order valence-electron chi connectivity index (χ3n) is 14.8. The van der Waals surface area contributed by atoms with E-state index >= 15 is 0 Å². The lowest BCUT2D eigenvalue weighted by atomic mass is 9.83. The van der Waals surface area contributed by atoms with Crippen LogP contribution in [0.25, 0.3) is 0 Å². The number of nitrogens with two attached hydrogens (primary N) is 2. The van der Waals surface area contributed by atoms with Gasteiger partial charge < -0.3 is 42.5 Å². The lowest BCUT2D eigenvalue weighted by molar-refractivity contribution is -0.142. The minimum absolute atomic E-state index is 0.145. The van der Waals surface area contributed by atoms with E-state index in [1.165, 1.54) is 70.6 Å². The van der Waals surface area contributed by atoms with Crippen LogP contribution in [0, 0.1) is 11.8 Å². The van der Waals surface area contributed by atoms with E-state index in [0.29, 0.717) is 37.4 Å². The average Bonchev–Trinajstić information content (AvgIpc) is 4.23. The number of aromatic nitrogens is 3. The minimum atomic E-state index is -0.545. The molecule has 73 heavy (non-hydrogen) atoms. The number of primary amides is 2. The molecule has 4 heterocycles. The van der Waals surface area contributed by atoms with Gasteiger partial charge in [-0.2, -0.15) is 0 Å². The Morgan fingerprint density at radius 1 is 0.767 bits per heavy atom. The highest BCUT2D eigenvalue weighted by Crippen LogP contribution is 2.32. The van der Waals surface area contributed by atoms with Crippen LogP contribution in [0.1, 0.15) is 171 Å². The molecule has 0 bridgehead atoms. The predicted octanol–water partition coefficient (Wildman–Crippen LogP) is 6.05. The van der Waals surface area contributed by atoms with E-state index < -0.39 is 18.0 Å². The standard InChI is InChI=1S/C16H28N4O3.C14H16N4O.C10H17NO.C10H12.C4H10N2O.C2H6/c1-18-10-13(21)19-14(11-6-3-2-4-7-11)16(23)20-9-5-8-12(20)15(17)22;19-10-15-14(11-5-2-1-3-6-11)13-9-18(17-16-13)12-7-4-8-12;12-10-7-3-1-2-5-9-6-4-8-11(9)10;1-8-6-9-4-2-3-5-10(9)7-8;1-3(6-2)4(5)7;1-2/h11-12,14,18H,2-10H2,1H3,(H2,17,22)(H,19,21);1-3,5-6,9-10,12,14H,4,7-8H2,(H,15,19);9H,1-8H2;2-5,8H,6-7H2,1H3;3,6H,1-2H3,(H2,5,7);1-2H3. The molecule has 9 rings (SSSR count). The number of nitrogens with one attached hydrogen (secondary N) is 4. The molecule has 2 aromatic carbocycles. The first-order valence-electron chi connectivity index (χ1n) is 27.4. The van der Waals surface area contributed by atoms with Gasteiger partial charge in [-0.3, -0.25) is 28.8 Å². The summed E-state index contributed by atoms with van der Waals surface area (Å²) < 4.78 is 1.92. The van der Waals surface area contributed by atoms with Crippen molar-refractivity contribution in [3.8, 4) is 0 Å². The topological polar surface area (TPSA) is 240 Å². The van der Waals surface area contributed by atoms with Gasteiger partial charge in [0.05, 0.1) is 30.9 Å². The van der Waals surface area contributed by atoms with Gasteiger partial charge in [0.15, 0.2) is 0 Å². The molecule has 3 aliphatic heterocycles. The van der Waals surface area contributed by atoms with Gasteiger partial charge in [0.2, 0.25) is 35.9 Å². The van der Waals surface area contributed by atoms with Crippen molar-refractivity contribution in [3.63, 3.8) is 0 Å². The number of benzene rings is 2. The van der Waals surface area contributed by atoms with Crippen LogP contribution < -0.4 is 32.7 Å². The van der Waals surface area contributed by atoms with Gasteiger partial charge in [-0.1, -0.05) is 113 Å². The molecular formula is C56H89N11O6. The van der Waals surface area contributed by atoms with Crippen molar-refractivity contribution in [3.05, 3.63) is 83.2 Å². The zero-order valence-corrected chi connectivity index (χ0v) is 44.9. The Bertz CT molecular complexity index is 2100. The Kier molecular flexibility index (Phi) is 26.7. The fourth-order valence-corrected chi connectivity index (χ4v) is 10.4. The summed E-state index contributed by atoms with van der Waals surface area (Å²) in [6.07, 6.45) is 23.7. The van der Waals surface area contributed by atoms with Gasteiger partial charge in [0, 0.05) is 25.6 Å². The van der Waals surface area contributed by atoms with Crippen molar-refractivity contribution in [1.82, 2.24) is 46.1 Å². The zero-order valence-electron chi connectivity index (χ0n) is 44.9. The second-order valence-electron chi connectivity index (χ2n) is 20.1. The molecule has 3 aromatic rings. The predicted molar refractivity (Wildman–Crippen MR) is 287 cm³/mol. The van der Waals surface area contributed by atoms with Gasteiger partial charge in [-0.25, -0.2) is 4.68 Å². The average molecular weight is 1010 g/mol. The monoisotopic (exact) mass is 1010 g/mol. The zero-order chi connectivity index (χ0) is 53.1. The third-order valence-corrected chi connectivity index (χ3v) is 14.8. The fourth-order valence-electron chi connectivity index (χ4n) is 10.4. The molecule has 3 saturated heterocycles. The number of amides is 6. The van der Waals surface area contributed by atoms with Gasteiger partial charge in [-0.05, 0) is 133 Å². The first-order chi connectivity index (χ1) is 35.3. The summed E-state index contributed by atoms with van der Waals surface area (Å²) in [5, 5.41) is 19.6. The molecule has 5 unspecified atom stereocenters. The van der Waals surface area contributed by atoms with E-state index in [0.717, 1.165) is 68.7 Å². The van der Waals surface area contributed by atoms with Crippen molar-refractivity contribution in [1.29, 1.82) is 0 Å². The lowest BCUT2D eigenvalue weighted by Gasteiger charge is -2.34. The maximum Gasteiger partial charge on any atom is 0.246 e. The molecule has 6 amide bonds. The number of hydrogen-bond donors (Lipinski definition) is 6. The number of fused-ring (bicyclic) bond motifs is 2. The van der Waals surface area contributed by atoms with Crippen LogP contribution in [0.3, 0.4) is 0 Å². The van der Waals surface area contributed by atoms with Gasteiger partial charge in [0.25, 0.3) is 0 Å². The van der Waals surface area contributed by atoms with Crippen LogP contribution >= 0.6 is 0 Å². The van der Waals surface area contributed by atoms with Crippen molar-refractivity contribution in [2.24, 2.45) is 23.3 Å². The van der Waals surface area contributed by atoms with E-state index in [1.54, 1.807) is 37.0 Å². The molecule has 0 spiro atoms. The second-order valence-corrected chi connectivity index (χ2v) is 20.1. The van der Waals surface area contributed by atoms with Crippen LogP contribution in [-0.4, -0.2) is 119 Å². The maximum atomic E-state index is 13.0. The molecular weight excluding hydrogens is 923 g/mol. The van der Waals surface area contributed by atoms with E-state index in [2.05, 4.69) is 67.7 Å². The Hall–Kier alpha value is -5.68. The van der Waals surface area contributed by atoms with E-state index in [4.69, 9.17) is 11.5 Å². The Morgan fingerprint density at radius 2 is 1.37 bits per heavy atom. The molecule has 404 valence electrons. The molecule has 8 N–H and O–H groups in total. The summed E-state index contributed by atoms with van der Waals surface area (Å²) in [5.41, 5.74) is 15.2. The Morgan fingerprint density at radius 3 is 1.95 bits per heavy atom. The minimum Gasteiger partial charge on any atom is -0.368 e. The highest BCUT2D eigenvalue weighted by atomic mass is 16.2. The number of hydrogen-bond acceptors (Lipinski definition) is 10.